The van der Waals surface area contributed by atoms with E-state index in [9.17, 15) is 9.59 Å². The van der Waals surface area contributed by atoms with E-state index in [1.54, 1.807) is 17.1 Å². The third-order valence-corrected chi connectivity index (χ3v) is 7.46. The van der Waals surface area contributed by atoms with Crippen LogP contribution in [0.4, 0.5) is 10.5 Å². The van der Waals surface area contributed by atoms with Crippen molar-refractivity contribution in [2.24, 2.45) is 13.0 Å². The van der Waals surface area contributed by atoms with Crippen LogP contribution in [0.5, 0.6) is 0 Å². The average molecular weight is 487 g/mol. The highest BCUT2D eigenvalue weighted by atomic mass is 35.5. The Bertz CT molecular complexity index is 1460. The number of pyridine rings is 1. The first-order valence-electron chi connectivity index (χ1n) is 11.6. The van der Waals surface area contributed by atoms with Crippen molar-refractivity contribution < 1.29 is 9.59 Å². The van der Waals surface area contributed by atoms with Gasteiger partial charge in [0.15, 0.2) is 0 Å². The molecule has 6 rings (SSSR count). The van der Waals surface area contributed by atoms with Crippen molar-refractivity contribution in [2.75, 3.05) is 4.90 Å². The van der Waals surface area contributed by atoms with Gasteiger partial charge in [0.1, 0.15) is 5.69 Å². The first kappa shape index (κ1) is 21.7. The second-order valence-corrected chi connectivity index (χ2v) is 9.61. The molecule has 2 fully saturated rings. The summed E-state index contributed by atoms with van der Waals surface area (Å²) in [6.07, 6.45) is 7.24. The third-order valence-electron chi connectivity index (χ3n) is 7.13. The second-order valence-electron chi connectivity index (χ2n) is 9.20. The summed E-state index contributed by atoms with van der Waals surface area (Å²) < 4.78 is 1.66. The molecule has 1 N–H and O–H groups in total. The maximum absolute atomic E-state index is 13.6. The zero-order chi connectivity index (χ0) is 24.1. The number of hydrogen-bond donors (Lipinski definition) is 1. The number of rotatable bonds is 3. The van der Waals surface area contributed by atoms with Crippen LogP contribution >= 0.6 is 11.6 Å². The Balaban J connectivity index is 1.31. The number of hydrogen-bond acceptors (Lipinski definition) is 5. The molecule has 0 spiro atoms. The highest BCUT2D eigenvalue weighted by Gasteiger charge is 2.46. The third kappa shape index (κ3) is 3.65. The second kappa shape index (κ2) is 8.46. The molecule has 2 aromatic heterocycles. The standard InChI is InChI=1S/C26H23ClN6O2/c1-32-14-22(30-31-32)18-7-4-8-20(27)24(18)15-9-10-19-21(11-15)29-26(35)33(25(19)34)23-13-28-12-16-5-2-3-6-17(16)23/h2-8,12-15,19,21H,9-11H2,1H3,(H,29,35). The first-order chi connectivity index (χ1) is 17.0. The van der Waals surface area contributed by atoms with Gasteiger partial charge in [-0.1, -0.05) is 53.2 Å². The van der Waals surface area contributed by atoms with Gasteiger partial charge in [0.05, 0.1) is 24.0 Å². The minimum absolute atomic E-state index is 0.0841. The smallest absolute Gasteiger partial charge is 0.329 e. The Labute approximate surface area is 206 Å². The summed E-state index contributed by atoms with van der Waals surface area (Å²) in [7, 11) is 1.83. The number of carbonyl (C=O) groups excluding carboxylic acids is 2. The van der Waals surface area contributed by atoms with Crippen molar-refractivity contribution >= 4 is 40.0 Å². The van der Waals surface area contributed by atoms with E-state index in [1.807, 2.05) is 55.7 Å². The molecule has 8 nitrogen and oxygen atoms in total. The molecule has 9 heteroatoms. The van der Waals surface area contributed by atoms with Crippen LogP contribution < -0.4 is 10.2 Å². The number of imide groups is 1. The number of nitrogens with zero attached hydrogens (tertiary/aromatic N) is 5. The Morgan fingerprint density at radius 2 is 1.91 bits per heavy atom. The van der Waals surface area contributed by atoms with E-state index in [4.69, 9.17) is 11.6 Å². The number of fused-ring (bicyclic) bond motifs is 2. The average Bonchev–Trinajstić information content (AvgIpc) is 3.30. The number of nitrogens with one attached hydrogen (secondary N) is 1. The number of anilines is 1. The number of aryl methyl sites for hydroxylation is 1. The van der Waals surface area contributed by atoms with Crippen molar-refractivity contribution in [3.8, 4) is 11.3 Å². The van der Waals surface area contributed by atoms with Crippen LogP contribution in [-0.2, 0) is 11.8 Å². The molecule has 3 amide bonds. The predicted octanol–water partition coefficient (Wildman–Crippen LogP) is 4.69. The fourth-order valence-electron chi connectivity index (χ4n) is 5.53. The van der Waals surface area contributed by atoms with Crippen LogP contribution in [0.25, 0.3) is 22.0 Å². The van der Waals surface area contributed by atoms with Gasteiger partial charge in [-0.25, -0.2) is 9.69 Å². The molecule has 2 aromatic carbocycles. The summed E-state index contributed by atoms with van der Waals surface area (Å²) in [5.41, 5.74) is 3.20. The number of urea groups is 1. The highest BCUT2D eigenvalue weighted by molar-refractivity contribution is 6.31. The number of amides is 3. The van der Waals surface area contributed by atoms with E-state index in [0.717, 1.165) is 34.0 Å². The normalized spacial score (nSPS) is 22.2. The fraction of sp³-hybridized carbons (Fsp3) is 0.269. The minimum atomic E-state index is -0.414. The van der Waals surface area contributed by atoms with Crippen molar-refractivity contribution in [3.63, 3.8) is 0 Å². The molecular formula is C26H23ClN6O2. The Morgan fingerprint density at radius 3 is 2.74 bits per heavy atom. The van der Waals surface area contributed by atoms with Gasteiger partial charge in [0.25, 0.3) is 0 Å². The van der Waals surface area contributed by atoms with Crippen LogP contribution in [0.15, 0.2) is 61.1 Å². The lowest BCUT2D eigenvalue weighted by Crippen LogP contribution is -2.61. The minimum Gasteiger partial charge on any atom is -0.334 e. The van der Waals surface area contributed by atoms with Crippen molar-refractivity contribution in [1.82, 2.24) is 25.3 Å². The highest BCUT2D eigenvalue weighted by Crippen LogP contribution is 2.44. The van der Waals surface area contributed by atoms with Gasteiger partial charge in [-0.05, 0) is 36.8 Å². The van der Waals surface area contributed by atoms with Crippen LogP contribution in [0, 0.1) is 5.92 Å². The van der Waals surface area contributed by atoms with Gasteiger partial charge in [0.2, 0.25) is 5.91 Å². The van der Waals surface area contributed by atoms with Crippen molar-refractivity contribution in [1.29, 1.82) is 0 Å². The number of benzene rings is 2. The van der Waals surface area contributed by atoms with E-state index in [1.165, 1.54) is 4.90 Å². The topological polar surface area (TPSA) is 93.0 Å². The van der Waals surface area contributed by atoms with Gasteiger partial charge >= 0.3 is 6.03 Å². The van der Waals surface area contributed by atoms with Gasteiger partial charge in [-0.15, -0.1) is 5.10 Å². The Hall–Kier alpha value is -3.78. The lowest BCUT2D eigenvalue weighted by molar-refractivity contribution is -0.124. The largest absolute Gasteiger partial charge is 0.334 e. The summed E-state index contributed by atoms with van der Waals surface area (Å²) in [4.78, 5) is 32.4. The van der Waals surface area contributed by atoms with Gasteiger partial charge in [0, 0.05) is 40.6 Å². The Kier molecular flexibility index (Phi) is 5.25. The molecule has 3 atom stereocenters. The van der Waals surface area contributed by atoms with E-state index in [-0.39, 0.29) is 23.8 Å². The Morgan fingerprint density at radius 1 is 1.06 bits per heavy atom. The molecular weight excluding hydrogens is 464 g/mol. The molecule has 35 heavy (non-hydrogen) atoms. The maximum atomic E-state index is 13.6. The van der Waals surface area contributed by atoms with Crippen molar-refractivity contribution in [3.05, 3.63) is 71.6 Å². The zero-order valence-corrected chi connectivity index (χ0v) is 19.8. The predicted molar refractivity (Wildman–Crippen MR) is 133 cm³/mol. The molecule has 3 unspecified atom stereocenters. The molecule has 176 valence electrons. The summed E-state index contributed by atoms with van der Waals surface area (Å²) in [5.74, 6) is -0.394. The molecule has 3 heterocycles. The van der Waals surface area contributed by atoms with Crippen LogP contribution in [0.3, 0.4) is 0 Å². The number of aromatic nitrogens is 4. The maximum Gasteiger partial charge on any atom is 0.329 e. The fourth-order valence-corrected chi connectivity index (χ4v) is 5.86. The SMILES string of the molecule is Cn1cc(-c2cccc(Cl)c2C2CCC3C(=O)N(c4cncc5ccccc45)C(=O)NC3C2)nn1. The van der Waals surface area contributed by atoms with E-state index < -0.39 is 6.03 Å². The van der Waals surface area contributed by atoms with Crippen LogP contribution in [-0.4, -0.2) is 38.0 Å². The summed E-state index contributed by atoms with van der Waals surface area (Å²) in [6.45, 7) is 0. The van der Waals surface area contributed by atoms with Gasteiger partial charge in [-0.3, -0.25) is 14.5 Å². The van der Waals surface area contributed by atoms with Crippen LogP contribution in [0.1, 0.15) is 30.7 Å². The molecule has 0 radical (unpaired) electrons. The molecule has 1 saturated carbocycles. The van der Waals surface area contributed by atoms with Gasteiger partial charge < -0.3 is 5.32 Å². The quantitative estimate of drug-likeness (QED) is 0.453. The molecule has 1 aliphatic carbocycles. The lowest BCUT2D eigenvalue weighted by Gasteiger charge is -2.42. The van der Waals surface area contributed by atoms with E-state index in [2.05, 4.69) is 20.6 Å². The van der Waals surface area contributed by atoms with E-state index >= 15 is 0 Å². The summed E-state index contributed by atoms with van der Waals surface area (Å²) in [6, 6.07) is 12.7. The van der Waals surface area contributed by atoms with Crippen molar-refractivity contribution in [2.45, 2.75) is 31.2 Å². The summed E-state index contributed by atoms with van der Waals surface area (Å²) >= 11 is 6.69. The number of halogens is 1. The zero-order valence-electron chi connectivity index (χ0n) is 19.1. The number of carbonyl (C=O) groups is 2. The van der Waals surface area contributed by atoms with Gasteiger partial charge in [-0.2, -0.15) is 0 Å². The molecule has 0 bridgehead atoms. The molecule has 4 aromatic rings. The van der Waals surface area contributed by atoms with E-state index in [0.29, 0.717) is 23.6 Å². The molecule has 1 saturated heterocycles. The molecule has 2 aliphatic rings. The lowest BCUT2D eigenvalue weighted by atomic mass is 9.73. The van der Waals surface area contributed by atoms with Crippen LogP contribution in [0.2, 0.25) is 5.02 Å². The summed E-state index contributed by atoms with van der Waals surface area (Å²) in [5, 5.41) is 13.8. The first-order valence-corrected chi connectivity index (χ1v) is 12.0. The monoisotopic (exact) mass is 486 g/mol. The molecule has 1 aliphatic heterocycles.